The highest BCUT2D eigenvalue weighted by molar-refractivity contribution is 5.98. The highest BCUT2D eigenvalue weighted by Gasteiger charge is 2.29. The summed E-state index contributed by atoms with van der Waals surface area (Å²) in [5.74, 6) is -0.246. The zero-order valence-corrected chi connectivity index (χ0v) is 12.5. The van der Waals surface area contributed by atoms with Gasteiger partial charge in [0.25, 0.3) is 11.8 Å². The fourth-order valence-electron chi connectivity index (χ4n) is 2.37. The second kappa shape index (κ2) is 5.79. The van der Waals surface area contributed by atoms with Crippen LogP contribution in [0, 0.1) is 0 Å². The van der Waals surface area contributed by atoms with E-state index in [1.54, 1.807) is 29.2 Å². The Balaban J connectivity index is 1.52. The molecule has 0 spiro atoms. The van der Waals surface area contributed by atoms with E-state index in [9.17, 15) is 14.4 Å². The number of hydrogen-bond donors (Lipinski definition) is 2. The zero-order valence-electron chi connectivity index (χ0n) is 12.5. The summed E-state index contributed by atoms with van der Waals surface area (Å²) in [6.45, 7) is 2.63. The quantitative estimate of drug-likeness (QED) is 0.852. The van der Waals surface area contributed by atoms with E-state index >= 15 is 0 Å². The van der Waals surface area contributed by atoms with Crippen molar-refractivity contribution < 1.29 is 14.4 Å². The van der Waals surface area contributed by atoms with Gasteiger partial charge >= 0.3 is 0 Å². The Morgan fingerprint density at radius 2 is 1.36 bits per heavy atom. The predicted octanol–water partition coefficient (Wildman–Crippen LogP) is 0.539. The molecule has 6 nitrogen and oxygen atoms in total. The van der Waals surface area contributed by atoms with Gasteiger partial charge < -0.3 is 15.5 Å². The van der Waals surface area contributed by atoms with Gasteiger partial charge in [0.15, 0.2) is 0 Å². The molecule has 1 aliphatic carbocycles. The molecule has 6 heteroatoms. The van der Waals surface area contributed by atoms with E-state index in [0.29, 0.717) is 30.3 Å². The molecule has 2 fully saturated rings. The molecule has 0 bridgehead atoms. The second-order valence-electron chi connectivity index (χ2n) is 5.92. The van der Waals surface area contributed by atoms with Crippen LogP contribution in [-0.2, 0) is 4.79 Å². The van der Waals surface area contributed by atoms with Crippen LogP contribution in [-0.4, -0.2) is 47.8 Å². The minimum absolute atomic E-state index is 0.00856. The number of carbonyl (C=O) groups excluding carboxylic acids is 3. The first kappa shape index (κ1) is 14.6. The summed E-state index contributed by atoms with van der Waals surface area (Å²) in [6, 6.07) is 6.95. The Morgan fingerprint density at radius 1 is 0.909 bits per heavy atom. The van der Waals surface area contributed by atoms with Crippen molar-refractivity contribution in [2.75, 3.05) is 13.1 Å². The Hall–Kier alpha value is -2.37. The molecule has 3 amide bonds. The summed E-state index contributed by atoms with van der Waals surface area (Å²) in [4.78, 5) is 36.7. The van der Waals surface area contributed by atoms with Gasteiger partial charge in [0.2, 0.25) is 5.91 Å². The molecule has 3 rings (SSSR count). The average molecular weight is 301 g/mol. The minimum atomic E-state index is -0.178. The summed E-state index contributed by atoms with van der Waals surface area (Å²) < 4.78 is 0. The normalized spacial score (nSPS) is 17.6. The van der Waals surface area contributed by atoms with Gasteiger partial charge in [-0.15, -0.1) is 0 Å². The van der Waals surface area contributed by atoms with Crippen molar-refractivity contribution in [3.8, 4) is 0 Å². The zero-order chi connectivity index (χ0) is 15.7. The van der Waals surface area contributed by atoms with Crippen LogP contribution < -0.4 is 10.6 Å². The fraction of sp³-hybridized carbons (Fsp3) is 0.438. The van der Waals surface area contributed by atoms with E-state index in [4.69, 9.17) is 0 Å². The maximum absolute atomic E-state index is 12.1. The Morgan fingerprint density at radius 3 is 1.77 bits per heavy atom. The second-order valence-corrected chi connectivity index (χ2v) is 5.92. The van der Waals surface area contributed by atoms with Crippen molar-refractivity contribution in [2.24, 2.45) is 0 Å². The third-order valence-corrected chi connectivity index (χ3v) is 3.98. The summed E-state index contributed by atoms with van der Waals surface area (Å²) in [6.07, 6.45) is 2.09. The topological polar surface area (TPSA) is 78.5 Å². The Bertz CT molecular complexity index is 602. The lowest BCUT2D eigenvalue weighted by Gasteiger charge is -2.38. The van der Waals surface area contributed by atoms with Gasteiger partial charge in [-0.05, 0) is 37.1 Å². The highest BCUT2D eigenvalue weighted by Crippen LogP contribution is 2.19. The van der Waals surface area contributed by atoms with Crippen molar-refractivity contribution in [2.45, 2.75) is 31.8 Å². The van der Waals surface area contributed by atoms with Crippen LogP contribution in [0.1, 0.15) is 40.5 Å². The molecule has 1 saturated carbocycles. The Kier molecular flexibility index (Phi) is 3.83. The lowest BCUT2D eigenvalue weighted by Crippen LogP contribution is -2.60. The molecule has 116 valence electrons. The lowest BCUT2D eigenvalue weighted by molar-refractivity contribution is -0.133. The van der Waals surface area contributed by atoms with E-state index in [0.717, 1.165) is 12.8 Å². The smallest absolute Gasteiger partial charge is 0.251 e. The van der Waals surface area contributed by atoms with Crippen molar-refractivity contribution in [3.05, 3.63) is 35.4 Å². The first-order chi connectivity index (χ1) is 10.5. The van der Waals surface area contributed by atoms with Crippen LogP contribution in [0.3, 0.4) is 0 Å². The number of nitrogens with zero attached hydrogens (tertiary/aromatic N) is 1. The summed E-state index contributed by atoms with van der Waals surface area (Å²) in [5.41, 5.74) is 1.08. The third kappa shape index (κ3) is 3.27. The van der Waals surface area contributed by atoms with Crippen LogP contribution in [0.5, 0.6) is 0 Å². The van der Waals surface area contributed by atoms with Crippen molar-refractivity contribution in [3.63, 3.8) is 0 Å². The SMILES string of the molecule is CC(=O)N1CC(NC(=O)c2ccc(C(=O)NC3CC3)cc2)C1. The van der Waals surface area contributed by atoms with Gasteiger partial charge in [-0.3, -0.25) is 14.4 Å². The molecule has 1 saturated heterocycles. The molecule has 1 heterocycles. The number of likely N-dealkylation sites (tertiary alicyclic amines) is 1. The number of benzene rings is 1. The van der Waals surface area contributed by atoms with Crippen LogP contribution in [0.25, 0.3) is 0 Å². The Labute approximate surface area is 128 Å². The molecule has 2 N–H and O–H groups in total. The van der Waals surface area contributed by atoms with Crippen LogP contribution in [0.15, 0.2) is 24.3 Å². The van der Waals surface area contributed by atoms with Crippen LogP contribution in [0.4, 0.5) is 0 Å². The molecule has 2 aliphatic rings. The van der Waals surface area contributed by atoms with Gasteiger partial charge in [0.1, 0.15) is 0 Å². The molecular weight excluding hydrogens is 282 g/mol. The van der Waals surface area contributed by atoms with E-state index < -0.39 is 0 Å². The molecule has 0 atom stereocenters. The van der Waals surface area contributed by atoms with E-state index in [2.05, 4.69) is 10.6 Å². The van der Waals surface area contributed by atoms with Crippen molar-refractivity contribution in [1.82, 2.24) is 15.5 Å². The molecule has 1 aromatic carbocycles. The van der Waals surface area contributed by atoms with E-state index in [1.165, 1.54) is 6.92 Å². The maximum atomic E-state index is 12.1. The number of hydrogen-bond acceptors (Lipinski definition) is 3. The largest absolute Gasteiger partial charge is 0.349 e. The minimum Gasteiger partial charge on any atom is -0.349 e. The molecule has 1 aromatic rings. The molecule has 1 aliphatic heterocycles. The van der Waals surface area contributed by atoms with Crippen molar-refractivity contribution in [1.29, 1.82) is 0 Å². The summed E-state index contributed by atoms with van der Waals surface area (Å²) >= 11 is 0. The van der Waals surface area contributed by atoms with Gasteiger partial charge in [-0.1, -0.05) is 0 Å². The first-order valence-electron chi connectivity index (χ1n) is 7.50. The van der Waals surface area contributed by atoms with Gasteiger partial charge in [-0.2, -0.15) is 0 Å². The standard InChI is InChI=1S/C16H19N3O3/c1-10(20)19-8-14(9-19)18-16(22)12-4-2-11(3-5-12)15(21)17-13-6-7-13/h2-5,13-14H,6-9H2,1H3,(H,17,21)(H,18,22). The maximum Gasteiger partial charge on any atom is 0.251 e. The van der Waals surface area contributed by atoms with Gasteiger partial charge in [-0.25, -0.2) is 0 Å². The number of rotatable bonds is 4. The number of amides is 3. The fourth-order valence-corrected chi connectivity index (χ4v) is 2.37. The summed E-state index contributed by atoms with van der Waals surface area (Å²) in [5, 5.41) is 5.78. The first-order valence-corrected chi connectivity index (χ1v) is 7.50. The van der Waals surface area contributed by atoms with Crippen LogP contribution in [0.2, 0.25) is 0 Å². The highest BCUT2D eigenvalue weighted by atomic mass is 16.2. The molecule has 0 aromatic heterocycles. The number of nitrogens with one attached hydrogen (secondary N) is 2. The monoisotopic (exact) mass is 301 g/mol. The lowest BCUT2D eigenvalue weighted by atomic mass is 10.1. The average Bonchev–Trinajstić information content (AvgIpc) is 3.25. The van der Waals surface area contributed by atoms with E-state index in [-0.39, 0.29) is 23.8 Å². The van der Waals surface area contributed by atoms with E-state index in [1.807, 2.05) is 0 Å². The van der Waals surface area contributed by atoms with Crippen molar-refractivity contribution >= 4 is 17.7 Å². The molecular formula is C16H19N3O3. The third-order valence-electron chi connectivity index (χ3n) is 3.98. The molecule has 0 unspecified atom stereocenters. The summed E-state index contributed by atoms with van der Waals surface area (Å²) in [7, 11) is 0. The molecule has 22 heavy (non-hydrogen) atoms. The predicted molar refractivity (Wildman–Crippen MR) is 80.4 cm³/mol. The van der Waals surface area contributed by atoms with Crippen LogP contribution >= 0.6 is 0 Å². The van der Waals surface area contributed by atoms with Gasteiger partial charge in [0.05, 0.1) is 6.04 Å². The van der Waals surface area contributed by atoms with Gasteiger partial charge in [0, 0.05) is 37.2 Å². The molecule has 0 radical (unpaired) electrons. The number of carbonyl (C=O) groups is 3.